The molecule has 1 N–H and O–H groups in total. The Bertz CT molecular complexity index is 679. The first-order valence-electron chi connectivity index (χ1n) is 5.09. The van der Waals surface area contributed by atoms with E-state index in [9.17, 15) is 9.59 Å². The van der Waals surface area contributed by atoms with Crippen LogP contribution in [-0.2, 0) is 0 Å². The zero-order valence-corrected chi connectivity index (χ0v) is 10.2. The van der Waals surface area contributed by atoms with E-state index >= 15 is 0 Å². The van der Waals surface area contributed by atoms with Gasteiger partial charge in [-0.1, -0.05) is 23.7 Å². The smallest absolute Gasteiger partial charge is 0.360 e. The van der Waals surface area contributed by atoms with E-state index in [2.05, 4.69) is 5.10 Å². The second-order valence-electron chi connectivity index (χ2n) is 3.69. The highest BCUT2D eigenvalue weighted by Crippen LogP contribution is 2.18. The summed E-state index contributed by atoms with van der Waals surface area (Å²) in [5, 5.41) is 13.1. The fourth-order valence-electron chi connectivity index (χ4n) is 1.51. The minimum absolute atomic E-state index is 0.294. The topological polar surface area (TPSA) is 72.2 Å². The monoisotopic (exact) mass is 264 g/mol. The minimum atomic E-state index is -1.36. The van der Waals surface area contributed by atoms with E-state index < -0.39 is 17.1 Å². The molecule has 2 rings (SSSR count). The van der Waals surface area contributed by atoms with Crippen LogP contribution >= 0.6 is 11.6 Å². The van der Waals surface area contributed by atoms with Gasteiger partial charge in [0.2, 0.25) is 11.1 Å². The summed E-state index contributed by atoms with van der Waals surface area (Å²) in [6.45, 7) is 1.53. The Morgan fingerprint density at radius 2 is 2.06 bits per heavy atom. The molecule has 0 amide bonds. The van der Waals surface area contributed by atoms with Crippen molar-refractivity contribution in [3.8, 4) is 5.69 Å². The molecule has 0 spiro atoms. The third-order valence-electron chi connectivity index (χ3n) is 2.40. The molecule has 0 saturated heterocycles. The van der Waals surface area contributed by atoms with Gasteiger partial charge in [-0.25, -0.2) is 9.48 Å². The Morgan fingerprint density at radius 1 is 1.39 bits per heavy atom. The van der Waals surface area contributed by atoms with Gasteiger partial charge in [-0.15, -0.1) is 0 Å². The maximum Gasteiger partial charge on any atom is 0.360 e. The number of aromatic carboxylic acids is 1. The quantitative estimate of drug-likeness (QED) is 0.899. The van der Waals surface area contributed by atoms with Crippen LogP contribution in [0.2, 0.25) is 5.02 Å². The maximum absolute atomic E-state index is 11.6. The number of carbonyl (C=O) groups is 1. The molecule has 1 aromatic carbocycles. The Labute approximate surface area is 107 Å². The number of para-hydroxylation sites is 1. The molecule has 92 valence electrons. The van der Waals surface area contributed by atoms with Crippen LogP contribution in [0.5, 0.6) is 0 Å². The molecule has 1 heterocycles. The van der Waals surface area contributed by atoms with Crippen LogP contribution in [0.15, 0.2) is 35.3 Å². The molecule has 0 radical (unpaired) electrons. The number of hydrogen-bond donors (Lipinski definition) is 1. The predicted octanol–water partition coefficient (Wildman–Crippen LogP) is 1.89. The van der Waals surface area contributed by atoms with Gasteiger partial charge in [-0.3, -0.25) is 4.79 Å². The summed E-state index contributed by atoms with van der Waals surface area (Å²) >= 11 is 6.00. The van der Waals surface area contributed by atoms with E-state index in [1.165, 1.54) is 17.8 Å². The lowest BCUT2D eigenvalue weighted by Crippen LogP contribution is -2.23. The molecule has 0 aliphatic heterocycles. The fraction of sp³-hybridized carbons (Fsp3) is 0.0833. The molecule has 6 heteroatoms. The fourth-order valence-corrected chi connectivity index (χ4v) is 1.73. The summed E-state index contributed by atoms with van der Waals surface area (Å²) in [5.41, 5.74) is -0.298. The van der Waals surface area contributed by atoms with Gasteiger partial charge >= 0.3 is 5.97 Å². The zero-order valence-electron chi connectivity index (χ0n) is 9.42. The van der Waals surface area contributed by atoms with E-state index in [1.54, 1.807) is 24.3 Å². The van der Waals surface area contributed by atoms with E-state index in [-0.39, 0.29) is 0 Å². The van der Waals surface area contributed by atoms with Crippen LogP contribution in [0.1, 0.15) is 16.1 Å². The summed E-state index contributed by atoms with van der Waals surface area (Å²) in [6.07, 6.45) is 1.45. The minimum Gasteiger partial charge on any atom is -0.476 e. The summed E-state index contributed by atoms with van der Waals surface area (Å²) in [4.78, 5) is 22.5. The van der Waals surface area contributed by atoms with Crippen LogP contribution in [0, 0.1) is 6.92 Å². The molecular weight excluding hydrogens is 256 g/mol. The van der Waals surface area contributed by atoms with Gasteiger partial charge in [0, 0.05) is 11.8 Å². The number of nitrogens with zero attached hydrogens (tertiary/aromatic N) is 2. The summed E-state index contributed by atoms with van der Waals surface area (Å²) < 4.78 is 1.29. The predicted molar refractivity (Wildman–Crippen MR) is 66.5 cm³/mol. The molecule has 0 aliphatic carbocycles. The van der Waals surface area contributed by atoms with Gasteiger partial charge in [0.05, 0.1) is 10.7 Å². The number of rotatable bonds is 2. The van der Waals surface area contributed by atoms with Gasteiger partial charge in [0.1, 0.15) is 0 Å². The molecule has 2 aromatic rings. The van der Waals surface area contributed by atoms with Crippen molar-refractivity contribution >= 4 is 17.6 Å². The third-order valence-corrected chi connectivity index (χ3v) is 2.72. The van der Waals surface area contributed by atoms with Crippen LogP contribution in [0.25, 0.3) is 5.69 Å². The number of aromatic nitrogens is 2. The van der Waals surface area contributed by atoms with E-state index in [4.69, 9.17) is 16.7 Å². The second kappa shape index (κ2) is 4.62. The van der Waals surface area contributed by atoms with Gasteiger partial charge < -0.3 is 5.11 Å². The first-order valence-corrected chi connectivity index (χ1v) is 5.47. The maximum atomic E-state index is 11.6. The number of carboxylic acid groups (broad SMARTS) is 1. The number of halogens is 1. The lowest BCUT2D eigenvalue weighted by molar-refractivity contribution is 0.0686. The molecular formula is C12H9ClN2O3. The SMILES string of the molecule is Cc1cn(-c2ccccc2Cl)nc(C(=O)O)c1=O. The first-order chi connectivity index (χ1) is 8.50. The number of carboxylic acids is 1. The normalized spacial score (nSPS) is 10.3. The number of aryl methyl sites for hydroxylation is 1. The Hall–Kier alpha value is -2.14. The Balaban J connectivity index is 2.71. The lowest BCUT2D eigenvalue weighted by atomic mass is 10.2. The second-order valence-corrected chi connectivity index (χ2v) is 4.10. The molecule has 1 aromatic heterocycles. The molecule has 0 fully saturated rings. The number of hydrogen-bond acceptors (Lipinski definition) is 3. The van der Waals surface area contributed by atoms with Crippen molar-refractivity contribution in [2.24, 2.45) is 0 Å². The third kappa shape index (κ3) is 2.12. The largest absolute Gasteiger partial charge is 0.476 e. The number of benzene rings is 1. The van der Waals surface area contributed by atoms with Crippen molar-refractivity contribution in [2.45, 2.75) is 6.92 Å². The molecule has 0 atom stereocenters. The standard InChI is InChI=1S/C12H9ClN2O3/c1-7-6-15(9-5-3-2-4-8(9)13)14-10(11(7)16)12(17)18/h2-6H,1H3,(H,17,18). The highest BCUT2D eigenvalue weighted by molar-refractivity contribution is 6.32. The Kier molecular flexibility index (Phi) is 3.16. The van der Waals surface area contributed by atoms with Gasteiger partial charge in [0.25, 0.3) is 0 Å². The molecule has 18 heavy (non-hydrogen) atoms. The van der Waals surface area contributed by atoms with E-state index in [1.807, 2.05) is 0 Å². The van der Waals surface area contributed by atoms with Crippen molar-refractivity contribution in [3.63, 3.8) is 0 Å². The summed E-state index contributed by atoms with van der Waals surface area (Å²) in [7, 11) is 0. The van der Waals surface area contributed by atoms with Crippen LogP contribution < -0.4 is 5.43 Å². The average molecular weight is 265 g/mol. The molecule has 0 saturated carbocycles. The highest BCUT2D eigenvalue weighted by Gasteiger charge is 2.14. The van der Waals surface area contributed by atoms with E-state index in [0.29, 0.717) is 16.3 Å². The molecule has 0 bridgehead atoms. The molecule has 0 unspecified atom stereocenters. The zero-order chi connectivity index (χ0) is 13.3. The lowest BCUT2D eigenvalue weighted by Gasteiger charge is -2.08. The summed E-state index contributed by atoms with van der Waals surface area (Å²) in [6, 6.07) is 6.84. The van der Waals surface area contributed by atoms with Crippen LogP contribution in [0.4, 0.5) is 0 Å². The van der Waals surface area contributed by atoms with Gasteiger partial charge in [0.15, 0.2) is 0 Å². The van der Waals surface area contributed by atoms with Crippen molar-refractivity contribution < 1.29 is 9.90 Å². The van der Waals surface area contributed by atoms with E-state index in [0.717, 1.165) is 0 Å². The highest BCUT2D eigenvalue weighted by atomic mass is 35.5. The summed E-state index contributed by atoms with van der Waals surface area (Å²) in [5.74, 6) is -1.36. The molecule has 5 nitrogen and oxygen atoms in total. The Morgan fingerprint density at radius 3 is 2.67 bits per heavy atom. The van der Waals surface area contributed by atoms with Crippen LogP contribution in [-0.4, -0.2) is 20.9 Å². The van der Waals surface area contributed by atoms with Gasteiger partial charge in [-0.05, 0) is 19.1 Å². The molecule has 0 aliphatic rings. The van der Waals surface area contributed by atoms with Crippen LogP contribution in [0.3, 0.4) is 0 Å². The first kappa shape index (κ1) is 12.3. The van der Waals surface area contributed by atoms with Crippen molar-refractivity contribution in [3.05, 3.63) is 57.0 Å². The van der Waals surface area contributed by atoms with Crippen molar-refractivity contribution in [1.82, 2.24) is 9.78 Å². The van der Waals surface area contributed by atoms with Crippen molar-refractivity contribution in [1.29, 1.82) is 0 Å². The van der Waals surface area contributed by atoms with Crippen molar-refractivity contribution in [2.75, 3.05) is 0 Å². The average Bonchev–Trinajstić information content (AvgIpc) is 2.33. The van der Waals surface area contributed by atoms with Gasteiger partial charge in [-0.2, -0.15) is 5.10 Å².